The molecule has 0 spiro atoms. The second-order valence-electron chi connectivity index (χ2n) is 7.26. The van der Waals surface area contributed by atoms with Crippen molar-refractivity contribution in [3.8, 4) is 0 Å². The molecule has 0 saturated heterocycles. The number of amides is 1. The number of aromatic nitrogens is 2. The Labute approximate surface area is 185 Å². The summed E-state index contributed by atoms with van der Waals surface area (Å²) in [5.41, 5.74) is 2.90. The van der Waals surface area contributed by atoms with Crippen LogP contribution in [0.3, 0.4) is 0 Å². The number of carboxylic acids is 1. The number of carbonyl (C=O) groups excluding carboxylic acids is 1. The van der Waals surface area contributed by atoms with Crippen molar-refractivity contribution in [2.45, 2.75) is 19.3 Å². The van der Waals surface area contributed by atoms with Gasteiger partial charge in [-0.2, -0.15) is 0 Å². The summed E-state index contributed by atoms with van der Waals surface area (Å²) in [5, 5.41) is 12.5. The minimum absolute atomic E-state index is 0.114. The Balaban J connectivity index is 1.61. The molecule has 0 unspecified atom stereocenters. The Kier molecular flexibility index (Phi) is 7.20. The van der Waals surface area contributed by atoms with Gasteiger partial charge in [-0.05, 0) is 48.4 Å². The smallest absolute Gasteiger partial charge is 0.308 e. The van der Waals surface area contributed by atoms with Gasteiger partial charge in [0, 0.05) is 48.5 Å². The van der Waals surface area contributed by atoms with Gasteiger partial charge in [0.25, 0.3) is 5.91 Å². The fraction of sp³-hybridized carbons (Fsp3) is 0.217. The Morgan fingerprint density at radius 1 is 1.03 bits per heavy atom. The number of aryl methyl sites for hydroxylation is 2. The Bertz CT molecular complexity index is 1070. The Morgan fingerprint density at radius 3 is 2.32 bits per heavy atom. The molecule has 2 aromatic carbocycles. The molecule has 31 heavy (non-hydrogen) atoms. The molecular weight excluding hydrogens is 416 g/mol. The van der Waals surface area contributed by atoms with Crippen molar-refractivity contribution in [2.75, 3.05) is 24.3 Å². The van der Waals surface area contributed by atoms with Gasteiger partial charge in [-0.25, -0.2) is 9.97 Å². The van der Waals surface area contributed by atoms with E-state index in [-0.39, 0.29) is 12.3 Å². The number of carboxylic acid groups (broad SMARTS) is 1. The highest BCUT2D eigenvalue weighted by Gasteiger charge is 2.12. The van der Waals surface area contributed by atoms with E-state index in [2.05, 4.69) is 15.3 Å². The predicted molar refractivity (Wildman–Crippen MR) is 121 cm³/mol. The van der Waals surface area contributed by atoms with Crippen molar-refractivity contribution in [3.05, 3.63) is 82.3 Å². The van der Waals surface area contributed by atoms with Crippen LogP contribution in [-0.2, 0) is 24.1 Å². The van der Waals surface area contributed by atoms with E-state index in [4.69, 9.17) is 16.7 Å². The van der Waals surface area contributed by atoms with Gasteiger partial charge < -0.3 is 15.3 Å². The number of aliphatic carboxylic acids is 1. The summed E-state index contributed by atoms with van der Waals surface area (Å²) < 4.78 is 0. The van der Waals surface area contributed by atoms with Crippen molar-refractivity contribution in [3.63, 3.8) is 0 Å². The van der Waals surface area contributed by atoms with Crippen LogP contribution in [0, 0.1) is 0 Å². The first-order chi connectivity index (χ1) is 14.8. The topological polar surface area (TPSA) is 95.4 Å². The Hall–Kier alpha value is -3.45. The second kappa shape index (κ2) is 10.0. The lowest BCUT2D eigenvalue weighted by atomic mass is 10.1. The van der Waals surface area contributed by atoms with E-state index < -0.39 is 5.97 Å². The fourth-order valence-electron chi connectivity index (χ4n) is 3.04. The molecular formula is C23H23ClN4O3. The van der Waals surface area contributed by atoms with E-state index in [1.165, 1.54) is 0 Å². The van der Waals surface area contributed by atoms with Crippen molar-refractivity contribution in [1.82, 2.24) is 9.97 Å². The molecule has 0 fully saturated rings. The lowest BCUT2D eigenvalue weighted by Crippen LogP contribution is -2.17. The summed E-state index contributed by atoms with van der Waals surface area (Å²) in [6.07, 6.45) is 2.80. The standard InChI is InChI=1S/C23H23ClN4O3/c1-28(2)22-17(13-21(29)30)14-25-20(27-22)12-5-15-3-10-19(11-4-15)26-23(31)16-6-8-18(24)9-7-16/h3-4,6-11,14H,5,12-13H2,1-2H3,(H,26,31)(H,29,30). The first kappa shape index (κ1) is 22.2. The summed E-state index contributed by atoms with van der Waals surface area (Å²) >= 11 is 5.85. The molecule has 8 heteroatoms. The van der Waals surface area contributed by atoms with Crippen LogP contribution >= 0.6 is 11.6 Å². The quantitative estimate of drug-likeness (QED) is 0.554. The molecule has 0 aliphatic carbocycles. The van der Waals surface area contributed by atoms with Crippen molar-refractivity contribution in [1.29, 1.82) is 0 Å². The molecule has 1 amide bonds. The summed E-state index contributed by atoms with van der Waals surface area (Å²) in [4.78, 5) is 33.9. The SMILES string of the molecule is CN(C)c1nc(CCc2ccc(NC(=O)c3ccc(Cl)cc3)cc2)ncc1CC(=O)O. The minimum Gasteiger partial charge on any atom is -0.481 e. The van der Waals surface area contributed by atoms with Crippen LogP contribution in [0.5, 0.6) is 0 Å². The molecule has 7 nitrogen and oxygen atoms in total. The number of nitrogens with one attached hydrogen (secondary N) is 1. The molecule has 0 saturated carbocycles. The van der Waals surface area contributed by atoms with Crippen LogP contribution in [0.25, 0.3) is 0 Å². The normalized spacial score (nSPS) is 10.5. The number of benzene rings is 2. The van der Waals surface area contributed by atoms with Crippen LogP contribution < -0.4 is 10.2 Å². The van der Waals surface area contributed by atoms with Crippen molar-refractivity contribution in [2.24, 2.45) is 0 Å². The molecule has 3 rings (SSSR count). The lowest BCUT2D eigenvalue weighted by Gasteiger charge is -2.16. The largest absolute Gasteiger partial charge is 0.481 e. The fourth-order valence-corrected chi connectivity index (χ4v) is 3.17. The van der Waals surface area contributed by atoms with Crippen LogP contribution in [-0.4, -0.2) is 41.0 Å². The van der Waals surface area contributed by atoms with Crippen molar-refractivity contribution >= 4 is 35.0 Å². The van der Waals surface area contributed by atoms with E-state index in [9.17, 15) is 9.59 Å². The van der Waals surface area contributed by atoms with Crippen LogP contribution in [0.1, 0.15) is 27.3 Å². The first-order valence-electron chi connectivity index (χ1n) is 9.71. The van der Waals surface area contributed by atoms with E-state index in [1.54, 1.807) is 35.4 Å². The number of halogens is 1. The molecule has 1 heterocycles. The zero-order valence-corrected chi connectivity index (χ0v) is 18.1. The van der Waals surface area contributed by atoms with E-state index in [0.29, 0.717) is 39.9 Å². The van der Waals surface area contributed by atoms with E-state index >= 15 is 0 Å². The maximum Gasteiger partial charge on any atom is 0.308 e. The predicted octanol–water partition coefficient (Wildman–Crippen LogP) is 3.86. The van der Waals surface area contributed by atoms with Gasteiger partial charge in [0.1, 0.15) is 11.6 Å². The summed E-state index contributed by atoms with van der Waals surface area (Å²) in [6, 6.07) is 14.3. The van der Waals surface area contributed by atoms with Gasteiger partial charge in [-0.15, -0.1) is 0 Å². The molecule has 1 aromatic heterocycles. The molecule has 160 valence electrons. The number of hydrogen-bond donors (Lipinski definition) is 2. The minimum atomic E-state index is -0.914. The molecule has 0 bridgehead atoms. The highest BCUT2D eigenvalue weighted by atomic mass is 35.5. The molecule has 0 aliphatic heterocycles. The average molecular weight is 439 g/mol. The molecule has 0 atom stereocenters. The van der Waals surface area contributed by atoms with Gasteiger partial charge in [0.15, 0.2) is 0 Å². The lowest BCUT2D eigenvalue weighted by molar-refractivity contribution is -0.136. The van der Waals surface area contributed by atoms with E-state index in [1.807, 2.05) is 38.4 Å². The third-order valence-electron chi connectivity index (χ3n) is 4.61. The maximum absolute atomic E-state index is 12.3. The number of anilines is 2. The highest BCUT2D eigenvalue weighted by molar-refractivity contribution is 6.30. The first-order valence-corrected chi connectivity index (χ1v) is 10.1. The Morgan fingerprint density at radius 2 is 1.71 bits per heavy atom. The second-order valence-corrected chi connectivity index (χ2v) is 7.69. The van der Waals surface area contributed by atoms with Crippen LogP contribution in [0.2, 0.25) is 5.02 Å². The van der Waals surface area contributed by atoms with Gasteiger partial charge in [0.2, 0.25) is 0 Å². The number of nitrogens with zero attached hydrogens (tertiary/aromatic N) is 3. The monoisotopic (exact) mass is 438 g/mol. The number of rotatable bonds is 8. The summed E-state index contributed by atoms with van der Waals surface area (Å²) in [6.45, 7) is 0. The van der Waals surface area contributed by atoms with Gasteiger partial charge >= 0.3 is 5.97 Å². The van der Waals surface area contributed by atoms with Gasteiger partial charge in [-0.1, -0.05) is 23.7 Å². The number of carbonyl (C=O) groups is 2. The zero-order chi connectivity index (χ0) is 22.4. The molecule has 0 aliphatic rings. The highest BCUT2D eigenvalue weighted by Crippen LogP contribution is 2.18. The maximum atomic E-state index is 12.3. The summed E-state index contributed by atoms with van der Waals surface area (Å²) in [7, 11) is 3.66. The average Bonchev–Trinajstić information content (AvgIpc) is 2.74. The van der Waals surface area contributed by atoms with Gasteiger partial charge in [0.05, 0.1) is 6.42 Å². The van der Waals surface area contributed by atoms with Crippen LogP contribution in [0.15, 0.2) is 54.7 Å². The third-order valence-corrected chi connectivity index (χ3v) is 4.86. The van der Waals surface area contributed by atoms with Crippen molar-refractivity contribution < 1.29 is 14.7 Å². The van der Waals surface area contributed by atoms with Crippen LogP contribution in [0.4, 0.5) is 11.5 Å². The molecule has 2 N–H and O–H groups in total. The zero-order valence-electron chi connectivity index (χ0n) is 17.3. The van der Waals surface area contributed by atoms with E-state index in [0.717, 1.165) is 12.0 Å². The summed E-state index contributed by atoms with van der Waals surface area (Å²) in [5.74, 6) is 0.156. The number of hydrogen-bond acceptors (Lipinski definition) is 5. The van der Waals surface area contributed by atoms with Gasteiger partial charge in [-0.3, -0.25) is 9.59 Å². The third kappa shape index (κ3) is 6.26. The molecule has 0 radical (unpaired) electrons. The molecule has 3 aromatic rings.